The third-order valence-corrected chi connectivity index (χ3v) is 12.4. The predicted molar refractivity (Wildman–Crippen MR) is 219 cm³/mol. The van der Waals surface area contributed by atoms with Gasteiger partial charge >= 0.3 is 0 Å². The molecule has 2 atom stereocenters. The molecule has 6 aromatic carbocycles. The Kier molecular flexibility index (Phi) is 7.43. The summed E-state index contributed by atoms with van der Waals surface area (Å²) < 4.78 is 11.4. The summed E-state index contributed by atoms with van der Waals surface area (Å²) in [6.45, 7) is 0. The highest BCUT2D eigenvalue weighted by atomic mass is 32.1. The first-order valence-corrected chi connectivity index (χ1v) is 19.0. The molecule has 0 fully saturated rings. The Morgan fingerprint density at radius 1 is 0.647 bits per heavy atom. The number of fused-ring (bicyclic) bond motifs is 9. The molecule has 3 N–H and O–H groups in total. The van der Waals surface area contributed by atoms with Crippen LogP contribution in [0.5, 0.6) is 0 Å². The molecule has 2 unspecified atom stereocenters. The van der Waals surface area contributed by atoms with Crippen LogP contribution in [0.3, 0.4) is 0 Å². The van der Waals surface area contributed by atoms with Gasteiger partial charge in [0.15, 0.2) is 0 Å². The number of allylic oxidation sites excluding steroid dienone is 4. The number of nitrogens with one attached hydrogen (secondary N) is 1. The van der Waals surface area contributed by atoms with E-state index < -0.39 is 6.17 Å². The van der Waals surface area contributed by atoms with E-state index >= 15 is 0 Å². The van der Waals surface area contributed by atoms with Gasteiger partial charge in [-0.05, 0) is 71.0 Å². The largest absolute Gasteiger partial charge is 0.456 e. The molecule has 6 heteroatoms. The molecule has 0 bridgehead atoms. The quantitative estimate of drug-likeness (QED) is 0.129. The summed E-state index contributed by atoms with van der Waals surface area (Å²) in [5.74, 6) is 0. The van der Waals surface area contributed by atoms with Gasteiger partial charge < -0.3 is 10.2 Å². The first kappa shape index (κ1) is 30.5. The Hall–Kier alpha value is -5.37. The van der Waals surface area contributed by atoms with Gasteiger partial charge in [-0.25, -0.2) is 0 Å². The SMILES string of the molecule is NC(NC(N=CC1=CCCC=C1)c1ccc2c(c1)sc1cc(-c3cccc4c3sc3ccccc34)ccc12)c1ccc2c(c1)oc1ccccc12. The minimum absolute atomic E-state index is 0.349. The summed E-state index contributed by atoms with van der Waals surface area (Å²) in [6.07, 6.45) is 9.84. The lowest BCUT2D eigenvalue weighted by Gasteiger charge is -2.21. The molecule has 0 aliphatic heterocycles. The van der Waals surface area contributed by atoms with Crippen LogP contribution < -0.4 is 11.1 Å². The van der Waals surface area contributed by atoms with Crippen molar-refractivity contribution in [2.24, 2.45) is 10.7 Å². The van der Waals surface area contributed by atoms with Crippen molar-refractivity contribution in [3.05, 3.63) is 156 Å². The van der Waals surface area contributed by atoms with Gasteiger partial charge in [0.1, 0.15) is 17.3 Å². The molecule has 0 saturated carbocycles. The van der Waals surface area contributed by atoms with Crippen molar-refractivity contribution in [3.63, 3.8) is 0 Å². The summed E-state index contributed by atoms with van der Waals surface area (Å²) in [7, 11) is 0. The van der Waals surface area contributed by atoms with Crippen LogP contribution >= 0.6 is 22.7 Å². The van der Waals surface area contributed by atoms with E-state index in [1.54, 1.807) is 0 Å². The molecule has 1 aliphatic rings. The summed E-state index contributed by atoms with van der Waals surface area (Å²) in [6, 6.07) is 43.4. The number of nitrogens with zero attached hydrogens (tertiary/aromatic N) is 1. The van der Waals surface area contributed by atoms with Crippen LogP contribution in [-0.4, -0.2) is 6.21 Å². The van der Waals surface area contributed by atoms with E-state index in [1.165, 1.54) is 51.5 Å². The lowest BCUT2D eigenvalue weighted by molar-refractivity contribution is 0.467. The number of thiophene rings is 2. The van der Waals surface area contributed by atoms with Gasteiger partial charge in [0.25, 0.3) is 0 Å². The van der Waals surface area contributed by atoms with Crippen LogP contribution in [0.4, 0.5) is 0 Å². The molecule has 1 aliphatic carbocycles. The molecular weight excluding hydrogens is 663 g/mol. The van der Waals surface area contributed by atoms with Crippen molar-refractivity contribution >= 4 is 91.2 Å². The van der Waals surface area contributed by atoms with Gasteiger partial charge in [-0.1, -0.05) is 109 Å². The van der Waals surface area contributed by atoms with E-state index in [-0.39, 0.29) is 6.17 Å². The Bertz CT molecular complexity index is 2890. The van der Waals surface area contributed by atoms with Crippen molar-refractivity contribution in [2.45, 2.75) is 25.2 Å². The van der Waals surface area contributed by atoms with Crippen LogP contribution in [0.25, 0.3) is 73.4 Å². The number of rotatable bonds is 7. The zero-order valence-electron chi connectivity index (χ0n) is 27.7. The summed E-state index contributed by atoms with van der Waals surface area (Å²) in [4.78, 5) is 5.09. The highest BCUT2D eigenvalue weighted by Gasteiger charge is 2.19. The van der Waals surface area contributed by atoms with Gasteiger partial charge in [-0.2, -0.15) is 0 Å². The monoisotopic (exact) mass is 695 g/mol. The third kappa shape index (κ3) is 5.39. The minimum atomic E-state index is -0.460. The smallest absolute Gasteiger partial charge is 0.135 e. The van der Waals surface area contributed by atoms with Gasteiger partial charge in [0, 0.05) is 57.3 Å². The van der Waals surface area contributed by atoms with Crippen LogP contribution in [0.2, 0.25) is 0 Å². The molecule has 10 rings (SSSR count). The second-order valence-electron chi connectivity index (χ2n) is 13.2. The first-order valence-electron chi connectivity index (χ1n) is 17.4. The number of benzene rings is 6. The number of furan rings is 1. The molecule has 0 radical (unpaired) electrons. The normalized spacial score (nSPS) is 14.9. The lowest BCUT2D eigenvalue weighted by atomic mass is 10.0. The van der Waals surface area contributed by atoms with Crippen molar-refractivity contribution in [2.75, 3.05) is 0 Å². The van der Waals surface area contributed by atoms with E-state index in [0.717, 1.165) is 51.5 Å². The first-order chi connectivity index (χ1) is 25.2. The van der Waals surface area contributed by atoms with Crippen LogP contribution in [-0.2, 0) is 0 Å². The van der Waals surface area contributed by atoms with Gasteiger partial charge in [-0.15, -0.1) is 22.7 Å². The molecular formula is C45H33N3OS2. The van der Waals surface area contributed by atoms with E-state index in [1.807, 2.05) is 53.2 Å². The molecule has 9 aromatic rings. The average molecular weight is 696 g/mol. The predicted octanol–water partition coefficient (Wildman–Crippen LogP) is 12.6. The molecule has 4 nitrogen and oxygen atoms in total. The summed E-state index contributed by atoms with van der Waals surface area (Å²) in [5.41, 5.74) is 14.3. The maximum absolute atomic E-state index is 6.89. The number of hydrogen-bond donors (Lipinski definition) is 2. The average Bonchev–Trinajstić information content (AvgIpc) is 3.87. The van der Waals surface area contributed by atoms with Gasteiger partial charge in [0.05, 0.1) is 6.17 Å². The molecule has 0 spiro atoms. The molecule has 3 aromatic heterocycles. The van der Waals surface area contributed by atoms with Crippen molar-refractivity contribution in [1.82, 2.24) is 5.32 Å². The van der Waals surface area contributed by atoms with E-state index in [0.29, 0.717) is 0 Å². The second kappa shape index (κ2) is 12.4. The Morgan fingerprint density at radius 2 is 1.39 bits per heavy atom. The van der Waals surface area contributed by atoms with Gasteiger partial charge in [0.2, 0.25) is 0 Å². The maximum atomic E-state index is 6.89. The fraction of sp³-hybridized carbons (Fsp3) is 0.0889. The lowest BCUT2D eigenvalue weighted by Crippen LogP contribution is -2.31. The topological polar surface area (TPSA) is 63.5 Å². The fourth-order valence-corrected chi connectivity index (χ4v) is 9.86. The van der Waals surface area contributed by atoms with Gasteiger partial charge in [-0.3, -0.25) is 10.3 Å². The van der Waals surface area contributed by atoms with Crippen molar-refractivity contribution in [3.8, 4) is 11.1 Å². The highest BCUT2D eigenvalue weighted by molar-refractivity contribution is 7.26. The number of hydrogen-bond acceptors (Lipinski definition) is 6. The Balaban J connectivity index is 1.01. The summed E-state index contributed by atoms with van der Waals surface area (Å²) in [5, 5.41) is 11.0. The van der Waals surface area contributed by atoms with Crippen molar-refractivity contribution in [1.29, 1.82) is 0 Å². The highest BCUT2D eigenvalue weighted by Crippen LogP contribution is 2.43. The number of para-hydroxylation sites is 1. The second-order valence-corrected chi connectivity index (χ2v) is 15.3. The zero-order valence-corrected chi connectivity index (χ0v) is 29.3. The number of aliphatic imine (C=N–C) groups is 1. The zero-order chi connectivity index (χ0) is 33.9. The van der Waals surface area contributed by atoms with Crippen LogP contribution in [0.1, 0.15) is 36.3 Å². The molecule has 0 amide bonds. The maximum Gasteiger partial charge on any atom is 0.135 e. The molecule has 246 valence electrons. The van der Waals surface area contributed by atoms with Crippen LogP contribution in [0, 0.1) is 0 Å². The standard InChI is InChI=1S/C45H33N3OS2/c46-44(29-18-20-33-32-11-4-6-15-38(32)49-39(33)23-29)48-45(47-26-27-9-2-1-3-10-27)30-19-22-36-35-21-17-28(24-41(35)50-42(36)25-30)31-13-8-14-37-34-12-5-7-16-40(34)51-43(31)37/h2,4-26,44-45,48H,1,3,46H2. The molecule has 3 heterocycles. The Labute approximate surface area is 302 Å². The third-order valence-electron chi connectivity index (χ3n) is 10.0. The molecule has 0 saturated heterocycles. The van der Waals surface area contributed by atoms with Crippen molar-refractivity contribution < 1.29 is 4.42 Å². The Morgan fingerprint density at radius 3 is 2.29 bits per heavy atom. The van der Waals surface area contributed by atoms with E-state index in [2.05, 4.69) is 121 Å². The fourth-order valence-electron chi connectivity index (χ4n) is 7.42. The van der Waals surface area contributed by atoms with Crippen LogP contribution in [0.15, 0.2) is 155 Å². The summed E-state index contributed by atoms with van der Waals surface area (Å²) >= 11 is 3.71. The van der Waals surface area contributed by atoms with E-state index in [4.69, 9.17) is 15.1 Å². The molecule has 51 heavy (non-hydrogen) atoms. The van der Waals surface area contributed by atoms with E-state index in [9.17, 15) is 0 Å². The number of nitrogens with two attached hydrogens (primary N) is 1. The minimum Gasteiger partial charge on any atom is -0.456 e.